The van der Waals surface area contributed by atoms with E-state index in [1.54, 1.807) is 6.92 Å². The van der Waals surface area contributed by atoms with Gasteiger partial charge in [0.05, 0.1) is 16.0 Å². The zero-order valence-electron chi connectivity index (χ0n) is 10.1. The van der Waals surface area contributed by atoms with Crippen molar-refractivity contribution in [2.24, 2.45) is 0 Å². The van der Waals surface area contributed by atoms with E-state index in [-0.39, 0.29) is 16.5 Å². The molecular formula is C11H15ClFNO3S. The number of aliphatic hydroxyl groups excluding tert-OH is 1. The lowest BCUT2D eigenvalue weighted by Crippen LogP contribution is -2.29. The number of hydrogen-bond acceptors (Lipinski definition) is 3. The van der Waals surface area contributed by atoms with E-state index < -0.39 is 21.9 Å². The molecule has 0 aliphatic heterocycles. The normalized spacial score (nSPS) is 13.9. The molecular weight excluding hydrogens is 281 g/mol. The zero-order chi connectivity index (χ0) is 13.9. The summed E-state index contributed by atoms with van der Waals surface area (Å²) in [4.78, 5) is -0.0676. The lowest BCUT2D eigenvalue weighted by molar-refractivity contribution is 0.177. The molecule has 1 N–H and O–H groups in total. The lowest BCUT2D eigenvalue weighted by atomic mass is 10.3. The van der Waals surface area contributed by atoms with Gasteiger partial charge in [0.2, 0.25) is 10.0 Å². The highest BCUT2D eigenvalue weighted by atomic mass is 35.5. The minimum absolute atomic E-state index is 0.0676. The summed E-state index contributed by atoms with van der Waals surface area (Å²) in [5, 5.41) is 8.89. The van der Waals surface area contributed by atoms with Gasteiger partial charge in [0.25, 0.3) is 0 Å². The summed E-state index contributed by atoms with van der Waals surface area (Å²) in [7, 11) is -2.31. The van der Waals surface area contributed by atoms with Crippen molar-refractivity contribution < 1.29 is 17.9 Å². The maximum Gasteiger partial charge on any atom is 0.242 e. The first-order valence-electron chi connectivity index (χ1n) is 5.34. The molecule has 0 heterocycles. The van der Waals surface area contributed by atoms with Gasteiger partial charge in [0, 0.05) is 13.6 Å². The van der Waals surface area contributed by atoms with Crippen LogP contribution in [0.2, 0.25) is 5.02 Å². The van der Waals surface area contributed by atoms with E-state index >= 15 is 0 Å². The largest absolute Gasteiger partial charge is 0.393 e. The molecule has 0 aliphatic carbocycles. The second-order valence-corrected chi connectivity index (χ2v) is 6.49. The van der Waals surface area contributed by atoms with Crippen LogP contribution < -0.4 is 0 Å². The minimum atomic E-state index is -3.70. The zero-order valence-corrected chi connectivity index (χ0v) is 11.7. The van der Waals surface area contributed by atoms with Crippen LogP contribution in [0.5, 0.6) is 0 Å². The number of hydrogen-bond donors (Lipinski definition) is 1. The van der Waals surface area contributed by atoms with E-state index in [9.17, 15) is 12.8 Å². The third-order valence-electron chi connectivity index (χ3n) is 2.46. The summed E-state index contributed by atoms with van der Waals surface area (Å²) >= 11 is 5.55. The van der Waals surface area contributed by atoms with Crippen molar-refractivity contribution in [1.82, 2.24) is 4.31 Å². The second-order valence-electron chi connectivity index (χ2n) is 4.04. The first-order valence-corrected chi connectivity index (χ1v) is 7.16. The van der Waals surface area contributed by atoms with Gasteiger partial charge >= 0.3 is 0 Å². The maximum absolute atomic E-state index is 13.0. The average molecular weight is 296 g/mol. The molecule has 18 heavy (non-hydrogen) atoms. The molecule has 0 bridgehead atoms. The van der Waals surface area contributed by atoms with Gasteiger partial charge in [-0.2, -0.15) is 0 Å². The van der Waals surface area contributed by atoms with Crippen molar-refractivity contribution in [3.63, 3.8) is 0 Å². The maximum atomic E-state index is 13.0. The fraction of sp³-hybridized carbons (Fsp3) is 0.455. The van der Waals surface area contributed by atoms with Gasteiger partial charge in [0.1, 0.15) is 5.82 Å². The number of aliphatic hydroxyl groups is 1. The highest BCUT2D eigenvalue weighted by Crippen LogP contribution is 2.21. The molecule has 0 aliphatic rings. The summed E-state index contributed by atoms with van der Waals surface area (Å²) < 4.78 is 38.2. The van der Waals surface area contributed by atoms with E-state index in [1.165, 1.54) is 7.05 Å². The molecule has 102 valence electrons. The van der Waals surface area contributed by atoms with Gasteiger partial charge in [0.15, 0.2) is 0 Å². The Bertz CT molecular complexity index is 519. The van der Waals surface area contributed by atoms with Crippen LogP contribution in [0.15, 0.2) is 23.1 Å². The van der Waals surface area contributed by atoms with Crippen LogP contribution in [-0.4, -0.2) is 37.5 Å². The first kappa shape index (κ1) is 15.4. The van der Waals surface area contributed by atoms with Crippen molar-refractivity contribution in [2.45, 2.75) is 24.3 Å². The average Bonchev–Trinajstić information content (AvgIpc) is 2.29. The summed E-state index contributed by atoms with van der Waals surface area (Å²) in [5.74, 6) is -0.665. The molecule has 0 saturated carbocycles. The number of sulfonamides is 1. The molecule has 1 atom stereocenters. The van der Waals surface area contributed by atoms with Gasteiger partial charge in [-0.15, -0.1) is 0 Å². The van der Waals surface area contributed by atoms with Crippen molar-refractivity contribution in [1.29, 1.82) is 0 Å². The van der Waals surface area contributed by atoms with Crippen LogP contribution in [0.4, 0.5) is 4.39 Å². The SMILES string of the molecule is CC(O)CCN(C)S(=O)(=O)c1ccc(F)c(Cl)c1. The Morgan fingerprint density at radius 3 is 2.61 bits per heavy atom. The minimum Gasteiger partial charge on any atom is -0.393 e. The van der Waals surface area contributed by atoms with Crippen LogP contribution in [0, 0.1) is 5.82 Å². The second kappa shape index (κ2) is 5.97. The number of benzene rings is 1. The highest BCUT2D eigenvalue weighted by Gasteiger charge is 2.21. The standard InChI is InChI=1S/C11H15ClFNO3S/c1-8(15)5-6-14(2)18(16,17)9-3-4-11(13)10(12)7-9/h3-4,7-8,15H,5-6H2,1-2H3. The molecule has 7 heteroatoms. The van der Waals surface area contributed by atoms with Gasteiger partial charge < -0.3 is 5.11 Å². The number of nitrogens with zero attached hydrogens (tertiary/aromatic N) is 1. The summed E-state index contributed by atoms with van der Waals surface area (Å²) in [6.07, 6.45) is -0.260. The Morgan fingerprint density at radius 2 is 2.11 bits per heavy atom. The monoisotopic (exact) mass is 295 g/mol. The predicted molar refractivity (Wildman–Crippen MR) is 67.5 cm³/mol. The summed E-state index contributed by atoms with van der Waals surface area (Å²) in [6, 6.07) is 3.25. The third-order valence-corrected chi connectivity index (χ3v) is 4.60. The summed E-state index contributed by atoms with van der Waals surface area (Å²) in [5.41, 5.74) is 0. The van der Waals surface area contributed by atoms with Crippen molar-refractivity contribution >= 4 is 21.6 Å². The highest BCUT2D eigenvalue weighted by molar-refractivity contribution is 7.89. The van der Waals surface area contributed by atoms with Crippen LogP contribution in [0.1, 0.15) is 13.3 Å². The van der Waals surface area contributed by atoms with Crippen LogP contribution >= 0.6 is 11.6 Å². The molecule has 1 aromatic carbocycles. The van der Waals surface area contributed by atoms with E-state index in [0.29, 0.717) is 6.42 Å². The fourth-order valence-corrected chi connectivity index (χ4v) is 2.76. The molecule has 1 rings (SSSR count). The quantitative estimate of drug-likeness (QED) is 0.902. The Kier molecular flexibility index (Phi) is 5.10. The van der Waals surface area contributed by atoms with Gasteiger partial charge in [-0.1, -0.05) is 11.6 Å². The Labute approximate surface area is 111 Å². The van der Waals surface area contributed by atoms with Crippen molar-refractivity contribution in [3.8, 4) is 0 Å². The van der Waals surface area contributed by atoms with E-state index in [4.69, 9.17) is 16.7 Å². The van der Waals surface area contributed by atoms with Crippen LogP contribution in [-0.2, 0) is 10.0 Å². The molecule has 4 nitrogen and oxygen atoms in total. The van der Waals surface area contributed by atoms with Crippen molar-refractivity contribution in [3.05, 3.63) is 29.0 Å². The lowest BCUT2D eigenvalue weighted by Gasteiger charge is -2.18. The first-order chi connectivity index (χ1) is 8.25. The Balaban J connectivity index is 2.95. The molecule has 1 aromatic rings. The predicted octanol–water partition coefficient (Wildman–Crippen LogP) is 1.87. The third kappa shape index (κ3) is 3.65. The molecule has 0 amide bonds. The molecule has 0 fully saturated rings. The molecule has 1 unspecified atom stereocenters. The smallest absolute Gasteiger partial charge is 0.242 e. The summed E-state index contributed by atoms with van der Waals surface area (Å²) in [6.45, 7) is 1.75. The molecule has 0 aromatic heterocycles. The van der Waals surface area contributed by atoms with Gasteiger partial charge in [-0.3, -0.25) is 0 Å². The van der Waals surface area contributed by atoms with E-state index in [0.717, 1.165) is 22.5 Å². The van der Waals surface area contributed by atoms with E-state index in [2.05, 4.69) is 0 Å². The van der Waals surface area contributed by atoms with Crippen LogP contribution in [0.3, 0.4) is 0 Å². The molecule has 0 saturated heterocycles. The molecule has 0 spiro atoms. The van der Waals surface area contributed by atoms with Gasteiger partial charge in [-0.05, 0) is 31.5 Å². The molecule has 0 radical (unpaired) electrons. The number of rotatable bonds is 5. The van der Waals surface area contributed by atoms with Crippen molar-refractivity contribution in [2.75, 3.05) is 13.6 Å². The topological polar surface area (TPSA) is 57.6 Å². The van der Waals surface area contributed by atoms with Crippen LogP contribution in [0.25, 0.3) is 0 Å². The Morgan fingerprint density at radius 1 is 1.50 bits per heavy atom. The Hall–Kier alpha value is -0.690. The number of halogens is 2. The van der Waals surface area contributed by atoms with E-state index in [1.807, 2.05) is 0 Å². The fourth-order valence-electron chi connectivity index (χ4n) is 1.31. The van der Waals surface area contributed by atoms with Gasteiger partial charge in [-0.25, -0.2) is 17.1 Å².